The van der Waals surface area contributed by atoms with Crippen molar-refractivity contribution in [2.75, 3.05) is 26.4 Å². The zero-order chi connectivity index (χ0) is 17.4. The number of ether oxygens (including phenoxy) is 3. The molecule has 1 heterocycles. The first kappa shape index (κ1) is 18.3. The summed E-state index contributed by atoms with van der Waals surface area (Å²) in [5.41, 5.74) is 0. The summed E-state index contributed by atoms with van der Waals surface area (Å²) in [7, 11) is 0. The smallest absolute Gasteiger partial charge is 0.323 e. The Hall–Kier alpha value is -2.08. The molecule has 0 aliphatic carbocycles. The van der Waals surface area contributed by atoms with Crippen LogP contribution in [0.1, 0.15) is 26.7 Å². The molecule has 1 aromatic rings. The van der Waals surface area contributed by atoms with Gasteiger partial charge < -0.3 is 14.2 Å². The van der Waals surface area contributed by atoms with Crippen molar-refractivity contribution in [2.24, 2.45) is 0 Å². The van der Waals surface area contributed by atoms with Gasteiger partial charge in [-0.1, -0.05) is 18.2 Å². The molecule has 2 atom stereocenters. The van der Waals surface area contributed by atoms with Crippen molar-refractivity contribution in [3.05, 3.63) is 30.3 Å². The molecule has 24 heavy (non-hydrogen) atoms. The van der Waals surface area contributed by atoms with E-state index in [-0.39, 0.29) is 11.9 Å². The van der Waals surface area contributed by atoms with Crippen molar-refractivity contribution < 1.29 is 23.8 Å². The van der Waals surface area contributed by atoms with Gasteiger partial charge in [-0.05, 0) is 38.8 Å². The third-order valence-corrected chi connectivity index (χ3v) is 3.99. The number of esters is 2. The minimum absolute atomic E-state index is 0.288. The second-order valence-corrected chi connectivity index (χ2v) is 5.51. The highest BCUT2D eigenvalue weighted by molar-refractivity contribution is 5.81. The maximum absolute atomic E-state index is 12.2. The predicted octanol–water partition coefficient (Wildman–Crippen LogP) is 2.02. The van der Waals surface area contributed by atoms with Crippen molar-refractivity contribution in [3.63, 3.8) is 0 Å². The Morgan fingerprint density at radius 2 is 1.54 bits per heavy atom. The lowest BCUT2D eigenvalue weighted by Gasteiger charge is -2.27. The zero-order valence-electron chi connectivity index (χ0n) is 14.3. The van der Waals surface area contributed by atoms with Crippen molar-refractivity contribution in [1.82, 2.24) is 4.90 Å². The van der Waals surface area contributed by atoms with Gasteiger partial charge in [-0.3, -0.25) is 14.5 Å². The van der Waals surface area contributed by atoms with E-state index >= 15 is 0 Å². The van der Waals surface area contributed by atoms with Gasteiger partial charge in [-0.25, -0.2) is 0 Å². The summed E-state index contributed by atoms with van der Waals surface area (Å²) >= 11 is 0. The van der Waals surface area contributed by atoms with Crippen LogP contribution in [-0.4, -0.2) is 55.3 Å². The summed E-state index contributed by atoms with van der Waals surface area (Å²) in [5, 5.41) is 0. The van der Waals surface area contributed by atoms with Crippen LogP contribution in [0.4, 0.5) is 0 Å². The summed E-state index contributed by atoms with van der Waals surface area (Å²) in [4.78, 5) is 26.2. The van der Waals surface area contributed by atoms with E-state index in [1.165, 1.54) is 0 Å². The normalized spacial score (nSPS) is 20.6. The lowest BCUT2D eigenvalue weighted by molar-refractivity contribution is -0.153. The molecule has 0 spiro atoms. The molecule has 0 saturated carbocycles. The standard InChI is InChI=1S/C18H25NO5/c1-3-22-17(20)15-10-11-16(18(21)23-4-2)19(15)12-13-24-14-8-6-5-7-9-14/h5-9,15-16H,3-4,10-13H2,1-2H3/t15-,16-/m1/s1. The molecule has 0 radical (unpaired) electrons. The van der Waals surface area contributed by atoms with Crippen LogP contribution in [0.3, 0.4) is 0 Å². The number of rotatable bonds is 8. The van der Waals surface area contributed by atoms with Gasteiger partial charge in [0.05, 0.1) is 13.2 Å². The first-order valence-corrected chi connectivity index (χ1v) is 8.44. The average Bonchev–Trinajstić information content (AvgIpc) is 3.00. The van der Waals surface area contributed by atoms with Crippen LogP contribution in [0.2, 0.25) is 0 Å². The fourth-order valence-corrected chi connectivity index (χ4v) is 2.95. The van der Waals surface area contributed by atoms with Gasteiger partial charge in [0.25, 0.3) is 0 Å². The highest BCUT2D eigenvalue weighted by Gasteiger charge is 2.42. The molecule has 6 heteroatoms. The average molecular weight is 335 g/mol. The summed E-state index contributed by atoms with van der Waals surface area (Å²) in [6, 6.07) is 8.62. The Bertz CT molecular complexity index is 507. The quantitative estimate of drug-likeness (QED) is 0.677. The SMILES string of the molecule is CCOC(=O)[C@H]1CC[C@H](C(=O)OCC)N1CCOc1ccccc1. The number of carbonyl (C=O) groups excluding carboxylic acids is 2. The molecule has 1 fully saturated rings. The van der Waals surface area contributed by atoms with Gasteiger partial charge >= 0.3 is 11.9 Å². The fraction of sp³-hybridized carbons (Fsp3) is 0.556. The van der Waals surface area contributed by atoms with E-state index in [9.17, 15) is 9.59 Å². The van der Waals surface area contributed by atoms with E-state index in [0.717, 1.165) is 5.75 Å². The number of hydrogen-bond donors (Lipinski definition) is 0. The monoisotopic (exact) mass is 335 g/mol. The molecule has 132 valence electrons. The van der Waals surface area contributed by atoms with E-state index < -0.39 is 12.1 Å². The summed E-state index contributed by atoms with van der Waals surface area (Å²) in [5.74, 6) is 0.185. The van der Waals surface area contributed by atoms with Gasteiger partial charge in [-0.15, -0.1) is 0 Å². The topological polar surface area (TPSA) is 65.1 Å². The van der Waals surface area contributed by atoms with Crippen LogP contribution in [0.15, 0.2) is 30.3 Å². The summed E-state index contributed by atoms with van der Waals surface area (Å²) < 4.78 is 16.0. The second-order valence-electron chi connectivity index (χ2n) is 5.51. The van der Waals surface area contributed by atoms with Crippen LogP contribution in [0.5, 0.6) is 5.75 Å². The molecule has 1 aliphatic heterocycles. The third kappa shape index (κ3) is 4.71. The minimum Gasteiger partial charge on any atom is -0.492 e. The largest absolute Gasteiger partial charge is 0.492 e. The van der Waals surface area contributed by atoms with Crippen molar-refractivity contribution in [2.45, 2.75) is 38.8 Å². The Balaban J connectivity index is 1.99. The number of likely N-dealkylation sites (tertiary alicyclic amines) is 1. The lowest BCUT2D eigenvalue weighted by Crippen LogP contribution is -2.47. The first-order chi connectivity index (χ1) is 11.7. The second kappa shape index (κ2) is 9.27. The Kier molecular flexibility index (Phi) is 7.06. The van der Waals surface area contributed by atoms with E-state index in [0.29, 0.717) is 39.2 Å². The van der Waals surface area contributed by atoms with Crippen LogP contribution in [-0.2, 0) is 19.1 Å². The highest BCUT2D eigenvalue weighted by Crippen LogP contribution is 2.26. The molecule has 1 saturated heterocycles. The van der Waals surface area contributed by atoms with Crippen molar-refractivity contribution in [1.29, 1.82) is 0 Å². The van der Waals surface area contributed by atoms with Crippen LogP contribution < -0.4 is 4.74 Å². The molecule has 0 N–H and O–H groups in total. The number of para-hydroxylation sites is 1. The Morgan fingerprint density at radius 1 is 1.00 bits per heavy atom. The Morgan fingerprint density at radius 3 is 2.04 bits per heavy atom. The number of hydrogen-bond acceptors (Lipinski definition) is 6. The molecular weight excluding hydrogens is 310 g/mol. The van der Waals surface area contributed by atoms with Crippen LogP contribution >= 0.6 is 0 Å². The first-order valence-electron chi connectivity index (χ1n) is 8.44. The molecule has 2 rings (SSSR count). The van der Waals surface area contributed by atoms with Crippen molar-refractivity contribution >= 4 is 11.9 Å². The molecule has 1 aromatic carbocycles. The summed E-state index contributed by atoms with van der Waals surface area (Å²) in [6.45, 7) is 5.05. The molecule has 6 nitrogen and oxygen atoms in total. The van der Waals surface area contributed by atoms with Crippen LogP contribution in [0.25, 0.3) is 0 Å². The third-order valence-electron chi connectivity index (χ3n) is 3.99. The molecule has 1 aliphatic rings. The lowest BCUT2D eigenvalue weighted by atomic mass is 10.2. The highest BCUT2D eigenvalue weighted by atomic mass is 16.5. The molecular formula is C18H25NO5. The predicted molar refractivity (Wildman–Crippen MR) is 88.7 cm³/mol. The molecule has 0 unspecified atom stereocenters. The number of benzene rings is 1. The maximum atomic E-state index is 12.2. The number of nitrogens with zero attached hydrogens (tertiary/aromatic N) is 1. The number of carbonyl (C=O) groups is 2. The van der Waals surface area contributed by atoms with Gasteiger partial charge in [0.15, 0.2) is 0 Å². The van der Waals surface area contributed by atoms with Crippen LogP contribution in [0, 0.1) is 0 Å². The molecule has 0 aromatic heterocycles. The van der Waals surface area contributed by atoms with E-state index in [4.69, 9.17) is 14.2 Å². The zero-order valence-corrected chi connectivity index (χ0v) is 14.3. The Labute approximate surface area is 142 Å². The van der Waals surface area contributed by atoms with Gasteiger partial charge in [0, 0.05) is 6.54 Å². The van der Waals surface area contributed by atoms with Gasteiger partial charge in [0.2, 0.25) is 0 Å². The van der Waals surface area contributed by atoms with E-state index in [1.807, 2.05) is 35.2 Å². The van der Waals surface area contributed by atoms with Crippen molar-refractivity contribution in [3.8, 4) is 5.75 Å². The maximum Gasteiger partial charge on any atom is 0.323 e. The fourth-order valence-electron chi connectivity index (χ4n) is 2.95. The van der Waals surface area contributed by atoms with E-state index in [1.54, 1.807) is 13.8 Å². The van der Waals surface area contributed by atoms with E-state index in [2.05, 4.69) is 0 Å². The minimum atomic E-state index is -0.418. The van der Waals surface area contributed by atoms with Gasteiger partial charge in [-0.2, -0.15) is 0 Å². The molecule has 0 bridgehead atoms. The summed E-state index contributed by atoms with van der Waals surface area (Å²) in [6.07, 6.45) is 1.18. The molecule has 0 amide bonds. The van der Waals surface area contributed by atoms with Gasteiger partial charge in [0.1, 0.15) is 24.4 Å².